The molecule has 0 aliphatic rings. The number of aromatic amines is 1. The molecule has 1 aromatic heterocycles. The van der Waals surface area contributed by atoms with E-state index < -0.39 is 5.97 Å². The minimum Gasteiger partial charge on any atom is -0.493 e. The lowest BCUT2D eigenvalue weighted by Crippen LogP contribution is -2.07. The van der Waals surface area contributed by atoms with Crippen molar-refractivity contribution in [3.8, 4) is 17.2 Å². The number of methoxy groups -OCH3 is 3. The number of carbonyl (C=O) groups is 2. The zero-order valence-corrected chi connectivity index (χ0v) is 17.0. The quantitative estimate of drug-likeness (QED) is 0.422. The number of hydrogen-bond donors (Lipinski definition) is 1. The van der Waals surface area contributed by atoms with Crippen molar-refractivity contribution in [2.75, 3.05) is 27.9 Å². The molecular formula is C21H25NO6. The number of rotatable bonds is 8. The Hall–Kier alpha value is -3.22. The van der Waals surface area contributed by atoms with E-state index in [4.69, 9.17) is 18.9 Å². The van der Waals surface area contributed by atoms with Gasteiger partial charge >= 0.3 is 5.97 Å². The Morgan fingerprint density at radius 1 is 1.04 bits per heavy atom. The number of nitrogens with one attached hydrogen (secondary N) is 1. The zero-order valence-electron chi connectivity index (χ0n) is 17.0. The normalized spacial score (nSPS) is 10.8. The first-order valence-corrected chi connectivity index (χ1v) is 8.77. The standard InChI is InChI=1S/C21H25NO6/c1-7-28-21(24)18-12(2)17(13(3)22-18)15(23)10-8-14-9-11-16(25-4)20(27-6)19(14)26-5/h8-11,22H,7H2,1-6H3/b10-8+. The molecule has 2 rings (SSSR count). The highest BCUT2D eigenvalue weighted by Crippen LogP contribution is 2.40. The lowest BCUT2D eigenvalue weighted by molar-refractivity contribution is 0.0519. The van der Waals surface area contributed by atoms with Gasteiger partial charge < -0.3 is 23.9 Å². The van der Waals surface area contributed by atoms with Gasteiger partial charge in [-0.1, -0.05) is 0 Å². The number of aromatic nitrogens is 1. The third kappa shape index (κ3) is 4.03. The summed E-state index contributed by atoms with van der Waals surface area (Å²) in [6, 6.07) is 3.50. The molecule has 0 amide bonds. The maximum atomic E-state index is 12.8. The number of ether oxygens (including phenoxy) is 4. The number of esters is 1. The topological polar surface area (TPSA) is 86.9 Å². The highest BCUT2D eigenvalue weighted by Gasteiger charge is 2.21. The molecular weight excluding hydrogens is 362 g/mol. The van der Waals surface area contributed by atoms with Crippen molar-refractivity contribution in [3.05, 3.63) is 46.3 Å². The predicted octanol–water partition coefficient (Wildman–Crippen LogP) is 3.73. The second kappa shape index (κ2) is 9.12. The summed E-state index contributed by atoms with van der Waals surface area (Å²) in [4.78, 5) is 27.7. The molecule has 0 radical (unpaired) electrons. The average Bonchev–Trinajstić information content (AvgIpc) is 2.99. The molecule has 0 aliphatic carbocycles. The molecule has 150 valence electrons. The SMILES string of the molecule is CCOC(=O)c1[nH]c(C)c(C(=O)/C=C/c2ccc(OC)c(OC)c2OC)c1C. The fourth-order valence-electron chi connectivity index (χ4n) is 3.03. The van der Waals surface area contributed by atoms with Gasteiger partial charge in [0.05, 0.1) is 27.9 Å². The van der Waals surface area contributed by atoms with Crippen LogP contribution in [0.15, 0.2) is 18.2 Å². The van der Waals surface area contributed by atoms with Crippen LogP contribution in [0.3, 0.4) is 0 Å². The molecule has 0 spiro atoms. The van der Waals surface area contributed by atoms with Crippen LogP contribution in [0.4, 0.5) is 0 Å². The summed E-state index contributed by atoms with van der Waals surface area (Å²) in [6.45, 7) is 5.45. The monoisotopic (exact) mass is 387 g/mol. The van der Waals surface area contributed by atoms with Crippen LogP contribution in [-0.4, -0.2) is 44.7 Å². The first-order chi connectivity index (χ1) is 13.4. The van der Waals surface area contributed by atoms with Gasteiger partial charge in [0, 0.05) is 16.8 Å². The number of benzene rings is 1. The van der Waals surface area contributed by atoms with Crippen LogP contribution in [-0.2, 0) is 4.74 Å². The van der Waals surface area contributed by atoms with Crippen molar-refractivity contribution in [1.29, 1.82) is 0 Å². The van der Waals surface area contributed by atoms with Crippen molar-refractivity contribution >= 4 is 17.8 Å². The maximum absolute atomic E-state index is 12.8. The summed E-state index contributed by atoms with van der Waals surface area (Å²) in [7, 11) is 4.57. The minimum absolute atomic E-state index is 0.237. The predicted molar refractivity (Wildman–Crippen MR) is 106 cm³/mol. The lowest BCUT2D eigenvalue weighted by atomic mass is 10.0. The van der Waals surface area contributed by atoms with Crippen LogP contribution in [0.1, 0.15) is 44.6 Å². The van der Waals surface area contributed by atoms with Gasteiger partial charge in [-0.3, -0.25) is 4.79 Å². The van der Waals surface area contributed by atoms with Crippen LogP contribution in [0.2, 0.25) is 0 Å². The molecule has 2 aromatic rings. The third-order valence-electron chi connectivity index (χ3n) is 4.31. The van der Waals surface area contributed by atoms with Gasteiger partial charge in [-0.2, -0.15) is 0 Å². The summed E-state index contributed by atoms with van der Waals surface area (Å²) in [5, 5.41) is 0. The van der Waals surface area contributed by atoms with Crippen molar-refractivity contribution in [2.45, 2.75) is 20.8 Å². The van der Waals surface area contributed by atoms with Gasteiger partial charge in [-0.15, -0.1) is 0 Å². The molecule has 0 saturated heterocycles. The largest absolute Gasteiger partial charge is 0.493 e. The highest BCUT2D eigenvalue weighted by atomic mass is 16.5. The molecule has 7 nitrogen and oxygen atoms in total. The Morgan fingerprint density at radius 2 is 1.71 bits per heavy atom. The molecule has 0 fully saturated rings. The summed E-state index contributed by atoms with van der Waals surface area (Å²) in [5.41, 5.74) is 2.56. The first-order valence-electron chi connectivity index (χ1n) is 8.77. The zero-order chi connectivity index (χ0) is 20.8. The molecule has 1 aromatic carbocycles. The number of hydrogen-bond acceptors (Lipinski definition) is 6. The molecule has 0 unspecified atom stereocenters. The average molecular weight is 387 g/mol. The minimum atomic E-state index is -0.479. The van der Waals surface area contributed by atoms with Crippen molar-refractivity contribution in [1.82, 2.24) is 4.98 Å². The van der Waals surface area contributed by atoms with E-state index in [0.717, 1.165) is 0 Å². The number of allylic oxidation sites excluding steroid dienone is 1. The number of H-pyrrole nitrogens is 1. The van der Waals surface area contributed by atoms with E-state index in [2.05, 4.69) is 4.98 Å². The fourth-order valence-corrected chi connectivity index (χ4v) is 3.03. The van der Waals surface area contributed by atoms with Crippen LogP contribution >= 0.6 is 0 Å². The van der Waals surface area contributed by atoms with E-state index in [0.29, 0.717) is 45.3 Å². The lowest BCUT2D eigenvalue weighted by Gasteiger charge is -2.13. The van der Waals surface area contributed by atoms with Crippen LogP contribution < -0.4 is 14.2 Å². The number of aryl methyl sites for hydroxylation is 1. The molecule has 1 heterocycles. The van der Waals surface area contributed by atoms with Gasteiger partial charge in [-0.25, -0.2) is 4.79 Å². The summed E-state index contributed by atoms with van der Waals surface area (Å²) in [5.74, 6) is 0.712. The summed E-state index contributed by atoms with van der Waals surface area (Å²) in [6.07, 6.45) is 3.07. The van der Waals surface area contributed by atoms with Gasteiger partial charge in [0.15, 0.2) is 17.3 Å². The molecule has 0 aliphatic heterocycles. The Morgan fingerprint density at radius 3 is 2.29 bits per heavy atom. The Bertz CT molecular complexity index is 910. The summed E-state index contributed by atoms with van der Waals surface area (Å²) < 4.78 is 21.1. The highest BCUT2D eigenvalue weighted by molar-refractivity contribution is 6.10. The van der Waals surface area contributed by atoms with E-state index in [-0.39, 0.29) is 12.4 Å². The summed E-state index contributed by atoms with van der Waals surface area (Å²) >= 11 is 0. The van der Waals surface area contributed by atoms with Crippen LogP contribution in [0.25, 0.3) is 6.08 Å². The van der Waals surface area contributed by atoms with Crippen molar-refractivity contribution in [2.24, 2.45) is 0 Å². The molecule has 0 saturated carbocycles. The number of ketones is 1. The maximum Gasteiger partial charge on any atom is 0.355 e. The van der Waals surface area contributed by atoms with Crippen LogP contribution in [0.5, 0.6) is 17.2 Å². The van der Waals surface area contributed by atoms with Crippen molar-refractivity contribution in [3.63, 3.8) is 0 Å². The molecule has 7 heteroatoms. The van der Waals surface area contributed by atoms with E-state index >= 15 is 0 Å². The third-order valence-corrected chi connectivity index (χ3v) is 4.31. The Kier molecular flexibility index (Phi) is 6.87. The van der Waals surface area contributed by atoms with E-state index in [1.165, 1.54) is 27.4 Å². The molecule has 1 N–H and O–H groups in total. The molecule has 28 heavy (non-hydrogen) atoms. The van der Waals surface area contributed by atoms with E-state index in [9.17, 15) is 9.59 Å². The van der Waals surface area contributed by atoms with Crippen LogP contribution in [0, 0.1) is 13.8 Å². The molecule has 0 bridgehead atoms. The molecule has 0 atom stereocenters. The second-order valence-corrected chi connectivity index (χ2v) is 5.97. The second-order valence-electron chi connectivity index (χ2n) is 5.97. The fraction of sp³-hybridized carbons (Fsp3) is 0.333. The smallest absolute Gasteiger partial charge is 0.355 e. The van der Waals surface area contributed by atoms with Gasteiger partial charge in [0.1, 0.15) is 5.69 Å². The van der Waals surface area contributed by atoms with E-state index in [1.54, 1.807) is 39.0 Å². The number of carbonyl (C=O) groups excluding carboxylic acids is 2. The van der Waals surface area contributed by atoms with Gasteiger partial charge in [0.2, 0.25) is 5.75 Å². The van der Waals surface area contributed by atoms with Gasteiger partial charge in [-0.05, 0) is 50.6 Å². The van der Waals surface area contributed by atoms with Crippen molar-refractivity contribution < 1.29 is 28.5 Å². The Balaban J connectivity index is 2.38. The first kappa shape index (κ1) is 21.1. The van der Waals surface area contributed by atoms with Gasteiger partial charge in [0.25, 0.3) is 0 Å². The van der Waals surface area contributed by atoms with E-state index in [1.807, 2.05) is 0 Å². The Labute approximate surface area is 164 Å².